The van der Waals surface area contributed by atoms with Crippen LogP contribution in [0.4, 0.5) is 0 Å². The van der Waals surface area contributed by atoms with Crippen molar-refractivity contribution in [3.05, 3.63) is 65.7 Å². The Labute approximate surface area is 132 Å². The topological polar surface area (TPSA) is 54.7 Å². The molecule has 0 atom stereocenters. The molecule has 0 bridgehead atoms. The predicted molar refractivity (Wildman–Crippen MR) is 92.7 cm³/mol. The molecule has 0 radical (unpaired) electrons. The molecule has 0 saturated heterocycles. The summed E-state index contributed by atoms with van der Waals surface area (Å²) in [7, 11) is 0. The standard InChI is InChI=1S/C18H15N3S/c19-9-12-4-3-5-13(8-12)18-21-17(11-22-18)15-10-20-16-7-2-1-6-14(15)16/h1-8,10-11,20H,9,19H2. The largest absolute Gasteiger partial charge is 0.360 e. The normalized spacial score (nSPS) is 11.1. The maximum absolute atomic E-state index is 5.72. The summed E-state index contributed by atoms with van der Waals surface area (Å²) >= 11 is 1.66. The molecule has 4 rings (SSSR count). The van der Waals surface area contributed by atoms with Gasteiger partial charge in [-0.25, -0.2) is 4.98 Å². The lowest BCUT2D eigenvalue weighted by molar-refractivity contribution is 1.07. The SMILES string of the molecule is NCc1cccc(-c2nc(-c3c[nH]c4ccccc34)cs2)c1. The summed E-state index contributed by atoms with van der Waals surface area (Å²) in [6.45, 7) is 0.550. The van der Waals surface area contributed by atoms with E-state index in [1.165, 1.54) is 5.39 Å². The Kier molecular flexibility index (Phi) is 3.25. The number of aromatic nitrogens is 2. The molecule has 0 aliphatic carbocycles. The number of hydrogen-bond donors (Lipinski definition) is 2. The van der Waals surface area contributed by atoms with Crippen LogP contribution in [0.2, 0.25) is 0 Å². The van der Waals surface area contributed by atoms with Gasteiger partial charge in [0.2, 0.25) is 0 Å². The molecular weight excluding hydrogens is 290 g/mol. The van der Waals surface area contributed by atoms with Crippen molar-refractivity contribution >= 4 is 22.2 Å². The van der Waals surface area contributed by atoms with Crippen LogP contribution in [0.3, 0.4) is 0 Å². The van der Waals surface area contributed by atoms with Crippen LogP contribution in [0.1, 0.15) is 5.56 Å². The minimum Gasteiger partial charge on any atom is -0.360 e. The van der Waals surface area contributed by atoms with Crippen LogP contribution in [0.15, 0.2) is 60.1 Å². The van der Waals surface area contributed by atoms with Crippen molar-refractivity contribution in [2.24, 2.45) is 5.73 Å². The van der Waals surface area contributed by atoms with E-state index in [4.69, 9.17) is 10.7 Å². The van der Waals surface area contributed by atoms with E-state index in [1.54, 1.807) is 11.3 Å². The molecule has 4 heteroatoms. The number of nitrogens with one attached hydrogen (secondary N) is 1. The highest BCUT2D eigenvalue weighted by atomic mass is 32.1. The molecule has 2 aromatic carbocycles. The van der Waals surface area contributed by atoms with E-state index in [0.29, 0.717) is 6.54 Å². The molecule has 0 unspecified atom stereocenters. The third kappa shape index (κ3) is 2.22. The van der Waals surface area contributed by atoms with Gasteiger partial charge in [0.1, 0.15) is 5.01 Å². The Bertz CT molecular complexity index is 936. The molecule has 22 heavy (non-hydrogen) atoms. The van der Waals surface area contributed by atoms with Gasteiger partial charge in [-0.1, -0.05) is 36.4 Å². The van der Waals surface area contributed by atoms with E-state index in [1.807, 2.05) is 24.4 Å². The molecule has 3 N–H and O–H groups in total. The Balaban J connectivity index is 1.78. The maximum Gasteiger partial charge on any atom is 0.124 e. The van der Waals surface area contributed by atoms with Crippen molar-refractivity contribution in [3.63, 3.8) is 0 Å². The van der Waals surface area contributed by atoms with Crippen LogP contribution in [0.25, 0.3) is 32.7 Å². The third-order valence-electron chi connectivity index (χ3n) is 3.78. The van der Waals surface area contributed by atoms with E-state index < -0.39 is 0 Å². The number of rotatable bonds is 3. The summed E-state index contributed by atoms with van der Waals surface area (Å²) in [4.78, 5) is 8.11. The number of para-hydroxylation sites is 1. The molecule has 0 spiro atoms. The molecule has 0 fully saturated rings. The van der Waals surface area contributed by atoms with Crippen LogP contribution < -0.4 is 5.73 Å². The highest BCUT2D eigenvalue weighted by molar-refractivity contribution is 7.13. The fourth-order valence-electron chi connectivity index (χ4n) is 2.64. The van der Waals surface area contributed by atoms with Gasteiger partial charge in [0.15, 0.2) is 0 Å². The number of hydrogen-bond acceptors (Lipinski definition) is 3. The van der Waals surface area contributed by atoms with Gasteiger partial charge >= 0.3 is 0 Å². The molecule has 2 aromatic heterocycles. The van der Waals surface area contributed by atoms with Crippen LogP contribution in [0.5, 0.6) is 0 Å². The van der Waals surface area contributed by atoms with Crippen LogP contribution >= 0.6 is 11.3 Å². The summed E-state index contributed by atoms with van der Waals surface area (Å²) in [6.07, 6.45) is 2.03. The second-order valence-corrected chi connectivity index (χ2v) is 6.05. The Morgan fingerprint density at radius 3 is 2.91 bits per heavy atom. The van der Waals surface area contributed by atoms with Crippen molar-refractivity contribution < 1.29 is 0 Å². The molecule has 3 nitrogen and oxygen atoms in total. The second-order valence-electron chi connectivity index (χ2n) is 5.19. The first-order valence-electron chi connectivity index (χ1n) is 7.16. The fraction of sp³-hybridized carbons (Fsp3) is 0.0556. The lowest BCUT2D eigenvalue weighted by Crippen LogP contribution is -1.95. The van der Waals surface area contributed by atoms with Crippen molar-refractivity contribution in [2.75, 3.05) is 0 Å². The van der Waals surface area contributed by atoms with Gasteiger partial charge < -0.3 is 10.7 Å². The summed E-state index contributed by atoms with van der Waals surface area (Å²) in [5, 5.41) is 4.34. The summed E-state index contributed by atoms with van der Waals surface area (Å²) in [6, 6.07) is 16.5. The number of nitrogens with two attached hydrogens (primary N) is 1. The van der Waals surface area contributed by atoms with Crippen molar-refractivity contribution in [1.82, 2.24) is 9.97 Å². The third-order valence-corrected chi connectivity index (χ3v) is 4.67. The van der Waals surface area contributed by atoms with E-state index in [0.717, 1.165) is 32.9 Å². The van der Waals surface area contributed by atoms with E-state index >= 15 is 0 Å². The summed E-state index contributed by atoms with van der Waals surface area (Å²) < 4.78 is 0. The minimum absolute atomic E-state index is 0.550. The van der Waals surface area contributed by atoms with Gasteiger partial charge in [0, 0.05) is 40.2 Å². The Hall–Kier alpha value is -2.43. The molecule has 0 saturated carbocycles. The average molecular weight is 305 g/mol. The highest BCUT2D eigenvalue weighted by Crippen LogP contribution is 2.33. The average Bonchev–Trinajstić information content (AvgIpc) is 3.21. The Morgan fingerprint density at radius 2 is 2.00 bits per heavy atom. The molecule has 4 aromatic rings. The number of H-pyrrole nitrogens is 1. The lowest BCUT2D eigenvalue weighted by Gasteiger charge is -2.00. The van der Waals surface area contributed by atoms with Crippen molar-refractivity contribution in [1.29, 1.82) is 0 Å². The molecular formula is C18H15N3S. The smallest absolute Gasteiger partial charge is 0.124 e. The number of fused-ring (bicyclic) bond motifs is 1. The first-order valence-corrected chi connectivity index (χ1v) is 8.04. The predicted octanol–water partition coefficient (Wildman–Crippen LogP) is 4.42. The van der Waals surface area contributed by atoms with Gasteiger partial charge in [-0.3, -0.25) is 0 Å². The quantitative estimate of drug-likeness (QED) is 0.589. The first kappa shape index (κ1) is 13.2. The van der Waals surface area contributed by atoms with E-state index in [9.17, 15) is 0 Å². The highest BCUT2D eigenvalue weighted by Gasteiger charge is 2.10. The molecule has 108 valence electrons. The number of aromatic amines is 1. The van der Waals surface area contributed by atoms with Gasteiger partial charge in [0.05, 0.1) is 5.69 Å². The zero-order valence-electron chi connectivity index (χ0n) is 11.9. The maximum atomic E-state index is 5.72. The van der Waals surface area contributed by atoms with E-state index in [-0.39, 0.29) is 0 Å². The number of nitrogens with zero attached hydrogens (tertiary/aromatic N) is 1. The van der Waals surface area contributed by atoms with Crippen molar-refractivity contribution in [3.8, 4) is 21.8 Å². The summed E-state index contributed by atoms with van der Waals surface area (Å²) in [5.41, 5.74) is 11.3. The van der Waals surface area contributed by atoms with Gasteiger partial charge in [-0.15, -0.1) is 11.3 Å². The van der Waals surface area contributed by atoms with Crippen molar-refractivity contribution in [2.45, 2.75) is 6.54 Å². The minimum atomic E-state index is 0.550. The van der Waals surface area contributed by atoms with Crippen LogP contribution in [-0.2, 0) is 6.54 Å². The molecule has 0 aliphatic heterocycles. The Morgan fingerprint density at radius 1 is 1.09 bits per heavy atom. The van der Waals surface area contributed by atoms with Gasteiger partial charge in [-0.05, 0) is 17.7 Å². The summed E-state index contributed by atoms with van der Waals surface area (Å²) in [5.74, 6) is 0. The van der Waals surface area contributed by atoms with Gasteiger partial charge in [0.25, 0.3) is 0 Å². The molecule has 2 heterocycles. The van der Waals surface area contributed by atoms with Gasteiger partial charge in [-0.2, -0.15) is 0 Å². The second kappa shape index (κ2) is 5.40. The van der Waals surface area contributed by atoms with Crippen LogP contribution in [-0.4, -0.2) is 9.97 Å². The first-order chi connectivity index (χ1) is 10.8. The lowest BCUT2D eigenvalue weighted by atomic mass is 10.1. The van der Waals surface area contributed by atoms with Crippen LogP contribution in [0, 0.1) is 0 Å². The zero-order valence-corrected chi connectivity index (χ0v) is 12.7. The molecule has 0 aliphatic rings. The number of thiazole rings is 1. The van der Waals surface area contributed by atoms with E-state index in [2.05, 4.69) is 40.7 Å². The number of benzene rings is 2. The molecule has 0 amide bonds. The zero-order chi connectivity index (χ0) is 14.9. The fourth-order valence-corrected chi connectivity index (χ4v) is 3.46. The monoisotopic (exact) mass is 305 g/mol.